The molecule has 0 aliphatic carbocycles. The zero-order valence-corrected chi connectivity index (χ0v) is 18.2. The fraction of sp³-hybridized carbons (Fsp3) is 0.222. The van der Waals surface area contributed by atoms with Gasteiger partial charge in [-0.25, -0.2) is 9.59 Å². The number of piperidine rings is 1. The summed E-state index contributed by atoms with van der Waals surface area (Å²) in [5.41, 5.74) is 2.98. The van der Waals surface area contributed by atoms with E-state index in [2.05, 4.69) is 4.99 Å². The fourth-order valence-corrected chi connectivity index (χ4v) is 3.86. The topological polar surface area (TPSA) is 79.2 Å². The summed E-state index contributed by atoms with van der Waals surface area (Å²) in [5, 5.41) is 8.99. The number of carbonyl (C=O) groups excluding carboxylic acids is 1. The summed E-state index contributed by atoms with van der Waals surface area (Å²) in [5.74, 6) is -0.945. The van der Waals surface area contributed by atoms with E-state index in [0.717, 1.165) is 29.5 Å². The highest BCUT2D eigenvalue weighted by Gasteiger charge is 2.26. The minimum Gasteiger partial charge on any atom is -0.478 e. The Hall–Kier alpha value is -3.93. The smallest absolute Gasteiger partial charge is 0.410 e. The predicted octanol–water partition coefficient (Wildman–Crippen LogP) is 5.19. The average molecular weight is 443 g/mol. The lowest BCUT2D eigenvalue weighted by molar-refractivity contribution is 0.0689. The predicted molar refractivity (Wildman–Crippen MR) is 127 cm³/mol. The summed E-state index contributed by atoms with van der Waals surface area (Å²) in [6.07, 6.45) is 2.50. The van der Waals surface area contributed by atoms with Gasteiger partial charge in [0.15, 0.2) is 6.10 Å². The molecule has 4 rings (SSSR count). The highest BCUT2D eigenvalue weighted by atomic mass is 16.6. The van der Waals surface area contributed by atoms with Gasteiger partial charge in [0.05, 0.1) is 11.6 Å². The minimum atomic E-state index is -0.945. The lowest BCUT2D eigenvalue weighted by Gasteiger charge is -2.31. The van der Waals surface area contributed by atoms with Gasteiger partial charge in [-0.2, -0.15) is 0 Å². The SMILES string of the molecule is O=C(O)c1ccc(C=NC2CCN(C(=O)OC(c3ccccc3)c3ccccc3)CC2)cc1. The molecule has 1 aliphatic rings. The second kappa shape index (κ2) is 10.6. The van der Waals surface area contributed by atoms with Crippen molar-refractivity contribution in [2.24, 2.45) is 4.99 Å². The van der Waals surface area contributed by atoms with Crippen LogP contribution >= 0.6 is 0 Å². The number of hydrogen-bond donors (Lipinski definition) is 1. The third-order valence-corrected chi connectivity index (χ3v) is 5.74. The number of hydrogen-bond acceptors (Lipinski definition) is 4. The molecule has 6 heteroatoms. The molecule has 33 heavy (non-hydrogen) atoms. The summed E-state index contributed by atoms with van der Waals surface area (Å²) in [6, 6.07) is 26.3. The van der Waals surface area contributed by atoms with Gasteiger partial charge in [-0.05, 0) is 41.7 Å². The molecule has 3 aromatic rings. The van der Waals surface area contributed by atoms with Crippen LogP contribution in [-0.4, -0.2) is 47.4 Å². The van der Waals surface area contributed by atoms with Crippen LogP contribution in [0.5, 0.6) is 0 Å². The average Bonchev–Trinajstić information content (AvgIpc) is 2.87. The van der Waals surface area contributed by atoms with Crippen molar-refractivity contribution in [3.05, 3.63) is 107 Å². The van der Waals surface area contributed by atoms with Gasteiger partial charge in [-0.15, -0.1) is 0 Å². The number of carboxylic acids is 1. The van der Waals surface area contributed by atoms with Crippen LogP contribution in [0.1, 0.15) is 46.0 Å². The Morgan fingerprint density at radius 1 is 0.879 bits per heavy atom. The van der Waals surface area contributed by atoms with Crippen LogP contribution in [0.25, 0.3) is 0 Å². The number of aromatic carboxylic acids is 1. The summed E-state index contributed by atoms with van der Waals surface area (Å²) in [6.45, 7) is 1.16. The van der Waals surface area contributed by atoms with Crippen molar-refractivity contribution < 1.29 is 19.4 Å². The molecule has 1 amide bonds. The first-order chi connectivity index (χ1) is 16.1. The number of benzene rings is 3. The minimum absolute atomic E-state index is 0.118. The Morgan fingerprint density at radius 3 is 1.94 bits per heavy atom. The molecule has 0 saturated carbocycles. The molecule has 0 radical (unpaired) electrons. The Morgan fingerprint density at radius 2 is 1.42 bits per heavy atom. The maximum Gasteiger partial charge on any atom is 0.410 e. The number of nitrogens with zero attached hydrogens (tertiary/aromatic N) is 2. The number of rotatable bonds is 6. The van der Waals surface area contributed by atoms with Crippen molar-refractivity contribution in [3.8, 4) is 0 Å². The lowest BCUT2D eigenvalue weighted by atomic mass is 10.0. The van der Waals surface area contributed by atoms with Gasteiger partial charge in [-0.1, -0.05) is 72.8 Å². The molecular weight excluding hydrogens is 416 g/mol. The number of ether oxygens (including phenoxy) is 1. The van der Waals surface area contributed by atoms with Crippen LogP contribution in [0, 0.1) is 0 Å². The quantitative estimate of drug-likeness (QED) is 0.533. The molecule has 1 heterocycles. The van der Waals surface area contributed by atoms with Gasteiger partial charge in [0.2, 0.25) is 0 Å². The first-order valence-corrected chi connectivity index (χ1v) is 11.0. The first-order valence-electron chi connectivity index (χ1n) is 11.0. The molecule has 0 unspecified atom stereocenters. The van der Waals surface area contributed by atoms with Gasteiger partial charge in [-0.3, -0.25) is 4.99 Å². The fourth-order valence-electron chi connectivity index (χ4n) is 3.86. The normalized spacial score (nSPS) is 14.5. The van der Waals surface area contributed by atoms with Gasteiger partial charge >= 0.3 is 12.1 Å². The van der Waals surface area contributed by atoms with Crippen molar-refractivity contribution in [2.45, 2.75) is 25.0 Å². The second-order valence-corrected chi connectivity index (χ2v) is 8.01. The Kier molecular flexibility index (Phi) is 7.15. The van der Waals surface area contributed by atoms with Crippen molar-refractivity contribution in [2.75, 3.05) is 13.1 Å². The largest absolute Gasteiger partial charge is 0.478 e. The van der Waals surface area contributed by atoms with Gasteiger partial charge < -0.3 is 14.7 Å². The van der Waals surface area contributed by atoms with E-state index in [0.29, 0.717) is 13.1 Å². The summed E-state index contributed by atoms with van der Waals surface area (Å²) >= 11 is 0. The Labute approximate surface area is 193 Å². The molecule has 0 aromatic heterocycles. The van der Waals surface area contributed by atoms with E-state index in [9.17, 15) is 9.59 Å². The molecule has 0 spiro atoms. The number of amides is 1. The monoisotopic (exact) mass is 442 g/mol. The van der Waals surface area contributed by atoms with Gasteiger partial charge in [0.1, 0.15) is 0 Å². The highest BCUT2D eigenvalue weighted by molar-refractivity contribution is 5.89. The second-order valence-electron chi connectivity index (χ2n) is 8.01. The van der Waals surface area contributed by atoms with E-state index < -0.39 is 12.1 Å². The maximum atomic E-state index is 12.9. The van der Waals surface area contributed by atoms with Gasteiger partial charge in [0, 0.05) is 19.3 Å². The molecule has 1 saturated heterocycles. The van der Waals surface area contributed by atoms with E-state index in [1.165, 1.54) is 0 Å². The highest BCUT2D eigenvalue weighted by Crippen LogP contribution is 2.27. The first kappa shape index (κ1) is 22.3. The molecule has 0 atom stereocenters. The van der Waals surface area contributed by atoms with Gasteiger partial charge in [0.25, 0.3) is 0 Å². The van der Waals surface area contributed by atoms with Crippen LogP contribution in [0.4, 0.5) is 4.79 Å². The Balaban J connectivity index is 1.35. The van der Waals surface area contributed by atoms with Crippen molar-refractivity contribution in [1.82, 2.24) is 4.90 Å². The number of carboxylic acid groups (broad SMARTS) is 1. The summed E-state index contributed by atoms with van der Waals surface area (Å²) in [4.78, 5) is 30.3. The Bertz CT molecular complexity index is 1050. The standard InChI is InChI=1S/C27H26N2O4/c30-26(31)23-13-11-20(12-14-23)19-28-24-15-17-29(18-16-24)27(32)33-25(21-7-3-1-4-8-21)22-9-5-2-6-10-22/h1-14,19,24-25H,15-18H2,(H,30,31). The number of likely N-dealkylation sites (tertiary alicyclic amines) is 1. The van der Waals surface area contributed by atoms with E-state index in [1.807, 2.05) is 60.7 Å². The zero-order chi connectivity index (χ0) is 23.0. The number of aliphatic imine (C=N–C) groups is 1. The van der Waals surface area contributed by atoms with E-state index in [4.69, 9.17) is 9.84 Å². The van der Waals surface area contributed by atoms with E-state index in [-0.39, 0.29) is 17.7 Å². The lowest BCUT2D eigenvalue weighted by Crippen LogP contribution is -2.40. The molecule has 3 aromatic carbocycles. The molecule has 0 bridgehead atoms. The van der Waals surface area contributed by atoms with Crippen LogP contribution in [0.2, 0.25) is 0 Å². The molecule has 6 nitrogen and oxygen atoms in total. The van der Waals surface area contributed by atoms with Crippen LogP contribution in [0.15, 0.2) is 89.9 Å². The third kappa shape index (κ3) is 5.86. The number of carbonyl (C=O) groups is 2. The van der Waals surface area contributed by atoms with E-state index >= 15 is 0 Å². The van der Waals surface area contributed by atoms with Crippen LogP contribution in [0.3, 0.4) is 0 Å². The van der Waals surface area contributed by atoms with Crippen molar-refractivity contribution >= 4 is 18.3 Å². The van der Waals surface area contributed by atoms with Crippen LogP contribution in [-0.2, 0) is 4.74 Å². The molecule has 1 aliphatic heterocycles. The van der Waals surface area contributed by atoms with Crippen molar-refractivity contribution in [3.63, 3.8) is 0 Å². The van der Waals surface area contributed by atoms with Crippen LogP contribution < -0.4 is 0 Å². The summed E-state index contributed by atoms with van der Waals surface area (Å²) in [7, 11) is 0. The van der Waals surface area contributed by atoms with E-state index in [1.54, 1.807) is 35.4 Å². The third-order valence-electron chi connectivity index (χ3n) is 5.74. The molecule has 1 N–H and O–H groups in total. The molecule has 1 fully saturated rings. The molecular formula is C27H26N2O4. The molecule has 168 valence electrons. The maximum absolute atomic E-state index is 12.9. The summed E-state index contributed by atoms with van der Waals surface area (Å²) < 4.78 is 5.96. The zero-order valence-electron chi connectivity index (χ0n) is 18.2. The van der Waals surface area contributed by atoms with Crippen molar-refractivity contribution in [1.29, 1.82) is 0 Å².